The van der Waals surface area contributed by atoms with Gasteiger partial charge in [0.1, 0.15) is 0 Å². The van der Waals surface area contributed by atoms with Crippen molar-refractivity contribution in [3.8, 4) is 56.4 Å². The molecular formula is C44H39N5Si. The van der Waals surface area contributed by atoms with Crippen molar-refractivity contribution >= 4 is 24.0 Å². The molecule has 2 aliphatic rings. The third-order valence-electron chi connectivity index (χ3n) is 11.1. The lowest BCUT2D eigenvalue weighted by atomic mass is 9.79. The lowest BCUT2D eigenvalue weighted by Crippen LogP contribution is -2.38. The summed E-state index contributed by atoms with van der Waals surface area (Å²) < 4.78 is 0. The Morgan fingerprint density at radius 3 is 1.64 bits per heavy atom. The average molecular weight is 666 g/mol. The maximum atomic E-state index is 5.11. The zero-order chi connectivity index (χ0) is 34.6. The lowest BCUT2D eigenvalue weighted by molar-refractivity contribution is 0.652. The van der Waals surface area contributed by atoms with Crippen LogP contribution in [0.1, 0.15) is 49.9 Å². The van der Waals surface area contributed by atoms with Crippen LogP contribution >= 0.6 is 0 Å². The molecule has 4 aromatic carbocycles. The number of aromatic nitrogens is 5. The Kier molecular flexibility index (Phi) is 6.50. The van der Waals surface area contributed by atoms with Crippen LogP contribution in [0, 0.1) is 0 Å². The fourth-order valence-corrected chi connectivity index (χ4v) is 9.37. The predicted molar refractivity (Wildman–Crippen MR) is 207 cm³/mol. The first kappa shape index (κ1) is 30.7. The van der Waals surface area contributed by atoms with Crippen molar-refractivity contribution in [1.29, 1.82) is 0 Å². The van der Waals surface area contributed by atoms with E-state index < -0.39 is 8.07 Å². The summed E-state index contributed by atoms with van der Waals surface area (Å²) in [6, 6.07) is 31.2. The highest BCUT2D eigenvalue weighted by molar-refractivity contribution is 6.88. The second kappa shape index (κ2) is 10.6. The van der Waals surface area contributed by atoms with Crippen LogP contribution in [0.5, 0.6) is 0 Å². The number of benzene rings is 4. The molecule has 0 N–H and O–H groups in total. The average Bonchev–Trinajstić information content (AvgIpc) is 3.49. The van der Waals surface area contributed by atoms with E-state index in [-0.39, 0.29) is 10.8 Å². The molecule has 0 fully saturated rings. The highest BCUT2D eigenvalue weighted by Crippen LogP contribution is 2.58. The first-order chi connectivity index (χ1) is 23.9. The first-order valence-corrected chi connectivity index (χ1v) is 20.9. The first-order valence-electron chi connectivity index (χ1n) is 17.4. The Bertz CT molecular complexity index is 2460. The summed E-state index contributed by atoms with van der Waals surface area (Å²) in [6.07, 6.45) is 7.14. The van der Waals surface area contributed by atoms with Gasteiger partial charge in [-0.3, -0.25) is 9.97 Å². The monoisotopic (exact) mass is 665 g/mol. The van der Waals surface area contributed by atoms with E-state index in [4.69, 9.17) is 15.0 Å². The van der Waals surface area contributed by atoms with Gasteiger partial charge in [0.05, 0.1) is 8.07 Å². The van der Waals surface area contributed by atoms with Gasteiger partial charge in [0.2, 0.25) is 0 Å². The van der Waals surface area contributed by atoms with E-state index in [0.29, 0.717) is 17.5 Å². The Labute approximate surface area is 294 Å². The van der Waals surface area contributed by atoms with Crippen LogP contribution in [0.2, 0.25) is 19.6 Å². The van der Waals surface area contributed by atoms with E-state index in [1.165, 1.54) is 55.1 Å². The topological polar surface area (TPSA) is 64.5 Å². The second-order valence-corrected chi connectivity index (χ2v) is 21.0. The van der Waals surface area contributed by atoms with Crippen molar-refractivity contribution in [2.45, 2.75) is 58.2 Å². The summed E-state index contributed by atoms with van der Waals surface area (Å²) in [4.78, 5) is 23.8. The normalized spacial score (nSPS) is 15.0. The fourth-order valence-electron chi connectivity index (χ4n) is 8.20. The van der Waals surface area contributed by atoms with E-state index in [9.17, 15) is 0 Å². The number of pyridine rings is 2. The number of hydrogen-bond donors (Lipinski definition) is 0. The molecule has 0 bridgehead atoms. The zero-order valence-electron chi connectivity index (χ0n) is 29.6. The van der Waals surface area contributed by atoms with E-state index in [1.807, 2.05) is 24.3 Å². The second-order valence-electron chi connectivity index (χ2n) is 15.9. The summed E-state index contributed by atoms with van der Waals surface area (Å²) in [6.45, 7) is 16.9. The van der Waals surface area contributed by atoms with Gasteiger partial charge in [0.25, 0.3) is 0 Å². The molecule has 9 rings (SSSR count). The van der Waals surface area contributed by atoms with Gasteiger partial charge < -0.3 is 0 Å². The molecule has 0 aliphatic heterocycles. The largest absolute Gasteiger partial charge is 0.264 e. The summed E-state index contributed by atoms with van der Waals surface area (Å²) in [7, 11) is -1.46. The number of fused-ring (bicyclic) bond motifs is 8. The molecule has 0 spiro atoms. The Morgan fingerprint density at radius 1 is 0.480 bits per heavy atom. The van der Waals surface area contributed by atoms with Crippen molar-refractivity contribution in [2.75, 3.05) is 0 Å². The Balaban J connectivity index is 1.28. The molecule has 0 saturated carbocycles. The van der Waals surface area contributed by atoms with Gasteiger partial charge in [-0.1, -0.05) is 95.0 Å². The van der Waals surface area contributed by atoms with Gasteiger partial charge in [-0.15, -0.1) is 0 Å². The van der Waals surface area contributed by atoms with Crippen molar-refractivity contribution in [2.24, 2.45) is 0 Å². The quantitative estimate of drug-likeness (QED) is 0.175. The summed E-state index contributed by atoms with van der Waals surface area (Å²) in [5.41, 5.74) is 13.3. The predicted octanol–water partition coefficient (Wildman–Crippen LogP) is 9.97. The standard InChI is InChI=1S/C44H39N5Si/c1-43(2)35-20-28(50(5,6)7)16-17-30(35)32-21-37-34(23-36(32)43)39-31-15-9-8-14-29(31)33(22-38(39)44(37,3)4)42-48-40(26-12-10-18-45-24-26)47-41(49-42)27-13-11-19-46-25-27/h8-25H,1-7H3. The molecule has 7 aromatic rings. The van der Waals surface area contributed by atoms with Crippen molar-refractivity contribution in [3.63, 3.8) is 0 Å². The Morgan fingerprint density at radius 2 is 1.02 bits per heavy atom. The van der Waals surface area contributed by atoms with Crippen LogP contribution < -0.4 is 5.19 Å². The molecule has 0 amide bonds. The summed E-state index contributed by atoms with van der Waals surface area (Å²) in [5.74, 6) is 1.81. The third kappa shape index (κ3) is 4.47. The molecule has 244 valence electrons. The molecule has 3 heterocycles. The maximum Gasteiger partial charge on any atom is 0.165 e. The molecule has 0 radical (unpaired) electrons. The van der Waals surface area contributed by atoms with E-state index in [2.05, 4.69) is 118 Å². The highest BCUT2D eigenvalue weighted by Gasteiger charge is 2.43. The van der Waals surface area contributed by atoms with Crippen LogP contribution in [0.25, 0.3) is 67.2 Å². The van der Waals surface area contributed by atoms with Gasteiger partial charge in [-0.05, 0) is 97.7 Å². The summed E-state index contributed by atoms with van der Waals surface area (Å²) >= 11 is 0. The van der Waals surface area contributed by atoms with Crippen molar-refractivity contribution < 1.29 is 0 Å². The molecule has 6 heteroatoms. The zero-order valence-corrected chi connectivity index (χ0v) is 30.6. The molecule has 0 unspecified atom stereocenters. The number of nitrogens with zero attached hydrogens (tertiary/aromatic N) is 5. The third-order valence-corrected chi connectivity index (χ3v) is 13.1. The molecule has 5 nitrogen and oxygen atoms in total. The molecule has 50 heavy (non-hydrogen) atoms. The van der Waals surface area contributed by atoms with E-state index in [1.54, 1.807) is 24.8 Å². The van der Waals surface area contributed by atoms with Crippen LogP contribution in [0.15, 0.2) is 110 Å². The molecule has 0 saturated heterocycles. The minimum absolute atomic E-state index is 0.0890. The van der Waals surface area contributed by atoms with Crippen molar-refractivity contribution in [1.82, 2.24) is 24.9 Å². The number of rotatable bonds is 4. The van der Waals surface area contributed by atoms with Gasteiger partial charge in [0, 0.05) is 52.3 Å². The number of hydrogen-bond acceptors (Lipinski definition) is 5. The van der Waals surface area contributed by atoms with Gasteiger partial charge in [0.15, 0.2) is 17.5 Å². The lowest BCUT2D eigenvalue weighted by Gasteiger charge is -2.25. The fraction of sp³-hybridized carbons (Fsp3) is 0.205. The van der Waals surface area contributed by atoms with Crippen LogP contribution in [0.4, 0.5) is 0 Å². The van der Waals surface area contributed by atoms with Gasteiger partial charge in [-0.25, -0.2) is 15.0 Å². The van der Waals surface area contributed by atoms with E-state index >= 15 is 0 Å². The minimum Gasteiger partial charge on any atom is -0.264 e. The Hall–Kier alpha value is -5.33. The van der Waals surface area contributed by atoms with E-state index in [0.717, 1.165) is 22.1 Å². The van der Waals surface area contributed by atoms with Crippen molar-refractivity contribution in [3.05, 3.63) is 132 Å². The maximum absolute atomic E-state index is 5.11. The SMILES string of the molecule is CC1(C)c2cc([Si](C)(C)C)ccc2-c2cc3c(cc21)-c1c(cc(-c2nc(-c4cccnc4)nc(-c4cccnc4)n2)c2ccccc12)C3(C)C. The minimum atomic E-state index is -1.46. The highest BCUT2D eigenvalue weighted by atomic mass is 28.3. The smallest absolute Gasteiger partial charge is 0.165 e. The molecule has 3 aromatic heterocycles. The van der Waals surface area contributed by atoms with Gasteiger partial charge in [-0.2, -0.15) is 0 Å². The van der Waals surface area contributed by atoms with Crippen LogP contribution in [-0.2, 0) is 10.8 Å². The van der Waals surface area contributed by atoms with Gasteiger partial charge >= 0.3 is 0 Å². The molecule has 0 atom stereocenters. The van der Waals surface area contributed by atoms with Crippen LogP contribution in [-0.4, -0.2) is 33.0 Å². The summed E-state index contributed by atoms with van der Waals surface area (Å²) in [5, 5.41) is 3.86. The molecular weight excluding hydrogens is 627 g/mol. The molecule has 2 aliphatic carbocycles. The van der Waals surface area contributed by atoms with Crippen LogP contribution in [0.3, 0.4) is 0 Å².